The largest absolute Gasteiger partial charge is 0.383 e. The van der Waals surface area contributed by atoms with Crippen molar-refractivity contribution in [2.45, 2.75) is 31.8 Å². The van der Waals surface area contributed by atoms with Gasteiger partial charge in [0.15, 0.2) is 0 Å². The molecular formula is C17H25N5O3. The van der Waals surface area contributed by atoms with Gasteiger partial charge in [-0.3, -0.25) is 15.0 Å². The van der Waals surface area contributed by atoms with Gasteiger partial charge in [-0.05, 0) is 30.9 Å². The zero-order chi connectivity index (χ0) is 17.8. The average Bonchev–Trinajstić information content (AvgIpc) is 2.63. The van der Waals surface area contributed by atoms with Crippen molar-refractivity contribution in [2.24, 2.45) is 0 Å². The summed E-state index contributed by atoms with van der Waals surface area (Å²) in [6.45, 7) is 4.11. The Morgan fingerprint density at radius 3 is 2.72 bits per heavy atom. The molecule has 8 heteroatoms. The number of hydrogen-bond acceptors (Lipinski definition) is 5. The highest BCUT2D eigenvalue weighted by Crippen LogP contribution is 2.26. The third-order valence-corrected chi connectivity index (χ3v) is 5.05. The molecule has 8 nitrogen and oxygen atoms in total. The number of amides is 2. The zero-order valence-electron chi connectivity index (χ0n) is 14.5. The standard InChI is InChI=1S/C17H25N5O3/c1-18-15-4-3-13(11-16(15)22(24)25)12-20-9-5-14(6-10-20)21-8-2-7-19-17(21)23/h3-4,11,14,18H,2,5-10,12H2,1H3,(H,19,23). The minimum Gasteiger partial charge on any atom is -0.383 e. The van der Waals surface area contributed by atoms with E-state index in [1.807, 2.05) is 11.0 Å². The van der Waals surface area contributed by atoms with Gasteiger partial charge in [0.25, 0.3) is 5.69 Å². The Morgan fingerprint density at radius 2 is 2.08 bits per heavy atom. The summed E-state index contributed by atoms with van der Waals surface area (Å²) in [7, 11) is 1.68. The van der Waals surface area contributed by atoms with Crippen molar-refractivity contribution >= 4 is 17.4 Å². The van der Waals surface area contributed by atoms with Crippen molar-refractivity contribution < 1.29 is 9.72 Å². The van der Waals surface area contributed by atoms with Crippen molar-refractivity contribution in [1.29, 1.82) is 0 Å². The molecule has 2 amide bonds. The van der Waals surface area contributed by atoms with E-state index in [-0.39, 0.29) is 16.6 Å². The zero-order valence-corrected chi connectivity index (χ0v) is 14.5. The smallest absolute Gasteiger partial charge is 0.317 e. The number of nitrogens with one attached hydrogen (secondary N) is 2. The normalized spacial score (nSPS) is 19.6. The lowest BCUT2D eigenvalue weighted by Gasteiger charge is -2.40. The second kappa shape index (κ2) is 7.69. The fourth-order valence-corrected chi connectivity index (χ4v) is 3.68. The average molecular weight is 347 g/mol. The third-order valence-electron chi connectivity index (χ3n) is 5.05. The molecule has 2 N–H and O–H groups in total. The van der Waals surface area contributed by atoms with Crippen molar-refractivity contribution in [2.75, 3.05) is 38.5 Å². The van der Waals surface area contributed by atoms with Crippen LogP contribution in [0, 0.1) is 10.1 Å². The maximum absolute atomic E-state index is 12.0. The Balaban J connectivity index is 1.58. The lowest BCUT2D eigenvalue weighted by atomic mass is 10.0. The molecule has 0 aliphatic carbocycles. The Morgan fingerprint density at radius 1 is 1.32 bits per heavy atom. The molecule has 0 saturated carbocycles. The van der Waals surface area contributed by atoms with E-state index >= 15 is 0 Å². The SMILES string of the molecule is CNc1ccc(CN2CCC(N3CCCNC3=O)CC2)cc1[N+](=O)[O-]. The molecule has 2 aliphatic rings. The molecule has 0 spiro atoms. The molecule has 2 saturated heterocycles. The molecule has 1 aromatic rings. The molecule has 0 aromatic heterocycles. The van der Waals surface area contributed by atoms with Gasteiger partial charge in [-0.25, -0.2) is 4.79 Å². The third kappa shape index (κ3) is 4.01. The van der Waals surface area contributed by atoms with Crippen LogP contribution in [0.25, 0.3) is 0 Å². The van der Waals surface area contributed by atoms with Gasteiger partial charge in [-0.1, -0.05) is 6.07 Å². The number of nitrogens with zero attached hydrogens (tertiary/aromatic N) is 3. The number of hydrogen-bond donors (Lipinski definition) is 2. The summed E-state index contributed by atoms with van der Waals surface area (Å²) in [6, 6.07) is 5.71. The van der Waals surface area contributed by atoms with Crippen molar-refractivity contribution in [3.63, 3.8) is 0 Å². The number of likely N-dealkylation sites (tertiary alicyclic amines) is 1. The van der Waals surface area contributed by atoms with Crippen molar-refractivity contribution in [1.82, 2.24) is 15.1 Å². The van der Waals surface area contributed by atoms with Crippen LogP contribution >= 0.6 is 0 Å². The van der Waals surface area contributed by atoms with Crippen LogP contribution in [0.4, 0.5) is 16.2 Å². The first-order chi connectivity index (χ1) is 12.1. The van der Waals surface area contributed by atoms with Gasteiger partial charge in [0.1, 0.15) is 5.69 Å². The maximum Gasteiger partial charge on any atom is 0.317 e. The molecule has 25 heavy (non-hydrogen) atoms. The van der Waals surface area contributed by atoms with E-state index in [2.05, 4.69) is 15.5 Å². The molecule has 3 rings (SSSR count). The highest BCUT2D eigenvalue weighted by atomic mass is 16.6. The van der Waals surface area contributed by atoms with Crippen LogP contribution in [0.2, 0.25) is 0 Å². The summed E-state index contributed by atoms with van der Waals surface area (Å²) >= 11 is 0. The predicted octanol–water partition coefficient (Wildman–Crippen LogP) is 2.02. The Bertz CT molecular complexity index is 643. The first-order valence-electron chi connectivity index (χ1n) is 8.80. The van der Waals surface area contributed by atoms with E-state index in [1.54, 1.807) is 19.2 Å². The molecule has 0 radical (unpaired) electrons. The number of anilines is 1. The summed E-state index contributed by atoms with van der Waals surface area (Å²) in [5, 5.41) is 16.9. The Hall–Kier alpha value is -2.35. The Labute approximate surface area is 147 Å². The van der Waals surface area contributed by atoms with Crippen LogP contribution in [0.15, 0.2) is 18.2 Å². The second-order valence-electron chi connectivity index (χ2n) is 6.64. The first-order valence-corrected chi connectivity index (χ1v) is 8.80. The minimum atomic E-state index is -0.351. The number of carbonyl (C=O) groups is 1. The molecule has 1 aromatic carbocycles. The van der Waals surface area contributed by atoms with Gasteiger partial charge in [0.2, 0.25) is 0 Å². The van der Waals surface area contributed by atoms with Crippen LogP contribution in [0.3, 0.4) is 0 Å². The summed E-state index contributed by atoms with van der Waals surface area (Å²) in [5.41, 5.74) is 1.59. The van der Waals surface area contributed by atoms with Crippen LogP contribution < -0.4 is 10.6 Å². The Kier molecular flexibility index (Phi) is 5.37. The van der Waals surface area contributed by atoms with E-state index in [1.165, 1.54) is 0 Å². The summed E-state index contributed by atoms with van der Waals surface area (Å²) < 4.78 is 0. The number of carbonyl (C=O) groups excluding carboxylic acids is 1. The number of rotatable bonds is 5. The highest BCUT2D eigenvalue weighted by molar-refractivity contribution is 5.75. The molecule has 2 aliphatic heterocycles. The number of urea groups is 1. The van der Waals surface area contributed by atoms with Gasteiger partial charge in [0, 0.05) is 51.9 Å². The van der Waals surface area contributed by atoms with E-state index in [4.69, 9.17) is 0 Å². The molecule has 0 atom stereocenters. The quantitative estimate of drug-likeness (QED) is 0.628. The van der Waals surface area contributed by atoms with Crippen LogP contribution in [0.1, 0.15) is 24.8 Å². The summed E-state index contributed by atoms with van der Waals surface area (Å²) in [6.07, 6.45) is 2.90. The van der Waals surface area contributed by atoms with E-state index in [9.17, 15) is 14.9 Å². The van der Waals surface area contributed by atoms with Crippen LogP contribution in [-0.4, -0.2) is 60.0 Å². The molecule has 0 bridgehead atoms. The first kappa shape index (κ1) is 17.5. The van der Waals surface area contributed by atoms with Crippen molar-refractivity contribution in [3.05, 3.63) is 33.9 Å². The van der Waals surface area contributed by atoms with Gasteiger partial charge < -0.3 is 15.5 Å². The minimum absolute atomic E-state index is 0.0583. The number of piperidine rings is 1. The molecule has 2 fully saturated rings. The van der Waals surface area contributed by atoms with Gasteiger partial charge in [0.05, 0.1) is 4.92 Å². The lowest BCUT2D eigenvalue weighted by molar-refractivity contribution is -0.384. The highest BCUT2D eigenvalue weighted by Gasteiger charge is 2.29. The predicted molar refractivity (Wildman–Crippen MR) is 95.7 cm³/mol. The monoisotopic (exact) mass is 347 g/mol. The molecule has 2 heterocycles. The molecular weight excluding hydrogens is 322 g/mol. The fourth-order valence-electron chi connectivity index (χ4n) is 3.68. The maximum atomic E-state index is 12.0. The van der Waals surface area contributed by atoms with E-state index in [0.717, 1.165) is 51.0 Å². The second-order valence-corrected chi connectivity index (χ2v) is 6.64. The van der Waals surface area contributed by atoms with Gasteiger partial charge >= 0.3 is 6.03 Å². The summed E-state index contributed by atoms with van der Waals surface area (Å²) in [5.74, 6) is 0. The van der Waals surface area contributed by atoms with E-state index < -0.39 is 0 Å². The number of nitro benzene ring substituents is 1. The van der Waals surface area contributed by atoms with Gasteiger partial charge in [-0.2, -0.15) is 0 Å². The topological polar surface area (TPSA) is 90.8 Å². The van der Waals surface area contributed by atoms with Crippen LogP contribution in [0.5, 0.6) is 0 Å². The van der Waals surface area contributed by atoms with Gasteiger partial charge in [-0.15, -0.1) is 0 Å². The van der Waals surface area contributed by atoms with Crippen LogP contribution in [-0.2, 0) is 6.54 Å². The fraction of sp³-hybridized carbons (Fsp3) is 0.588. The summed E-state index contributed by atoms with van der Waals surface area (Å²) in [4.78, 5) is 27.1. The lowest BCUT2D eigenvalue weighted by Crippen LogP contribution is -2.54. The molecule has 0 unspecified atom stereocenters. The van der Waals surface area contributed by atoms with Crippen molar-refractivity contribution in [3.8, 4) is 0 Å². The van der Waals surface area contributed by atoms with E-state index in [0.29, 0.717) is 18.3 Å². The molecule has 136 valence electrons. The number of nitro groups is 1. The number of benzene rings is 1.